The van der Waals surface area contributed by atoms with E-state index in [2.05, 4.69) is 5.32 Å². The maximum atomic E-state index is 14.1. The van der Waals surface area contributed by atoms with Crippen LogP contribution in [-0.4, -0.2) is 72.3 Å². The van der Waals surface area contributed by atoms with E-state index in [-0.39, 0.29) is 55.2 Å². The van der Waals surface area contributed by atoms with E-state index >= 15 is 0 Å². The van der Waals surface area contributed by atoms with E-state index in [1.54, 1.807) is 24.3 Å². The van der Waals surface area contributed by atoms with Crippen molar-refractivity contribution in [1.82, 2.24) is 14.5 Å². The van der Waals surface area contributed by atoms with Crippen LogP contribution in [0.25, 0.3) is 0 Å². The molecule has 2 aromatic carbocycles. The molecule has 0 aliphatic carbocycles. The summed E-state index contributed by atoms with van der Waals surface area (Å²) in [6.07, 6.45) is 2.09. The van der Waals surface area contributed by atoms with Gasteiger partial charge in [0.05, 0.1) is 16.9 Å². The van der Waals surface area contributed by atoms with E-state index in [1.807, 2.05) is 0 Å². The van der Waals surface area contributed by atoms with Gasteiger partial charge < -0.3 is 11.1 Å². The average molecular weight is 593 g/mol. The third-order valence-electron chi connectivity index (χ3n) is 8.30. The van der Waals surface area contributed by atoms with E-state index in [0.717, 1.165) is 11.0 Å². The van der Waals surface area contributed by atoms with E-state index < -0.39 is 51.2 Å². The zero-order chi connectivity index (χ0) is 29.5. The number of nitrogens with zero attached hydrogens (tertiary/aromatic N) is 2. The number of benzene rings is 2. The van der Waals surface area contributed by atoms with E-state index in [9.17, 15) is 36.0 Å². The molecule has 3 heterocycles. The Kier molecular flexibility index (Phi) is 8.22. The molecule has 2 fully saturated rings. The van der Waals surface area contributed by atoms with Gasteiger partial charge in [-0.2, -0.15) is 4.31 Å². The number of carbonyl (C=O) groups excluding carboxylic acids is 3. The molecule has 41 heavy (non-hydrogen) atoms. The molecule has 3 N–H and O–H groups in total. The topological polar surface area (TPSA) is 130 Å². The van der Waals surface area contributed by atoms with Gasteiger partial charge in [0.2, 0.25) is 15.9 Å². The van der Waals surface area contributed by atoms with Gasteiger partial charge in [0.15, 0.2) is 11.6 Å². The zero-order valence-electron chi connectivity index (χ0n) is 22.2. The van der Waals surface area contributed by atoms with Gasteiger partial charge in [-0.15, -0.1) is 0 Å². The van der Waals surface area contributed by atoms with Crippen LogP contribution in [0.4, 0.5) is 13.2 Å². The van der Waals surface area contributed by atoms with Crippen LogP contribution in [-0.2, 0) is 21.2 Å². The fourth-order valence-corrected chi connectivity index (χ4v) is 8.15. The van der Waals surface area contributed by atoms with Gasteiger partial charge in [0, 0.05) is 43.7 Å². The molecule has 3 aliphatic heterocycles. The summed E-state index contributed by atoms with van der Waals surface area (Å²) in [6, 6.07) is 6.61. The fourth-order valence-electron chi connectivity index (χ4n) is 6.29. The van der Waals surface area contributed by atoms with Crippen LogP contribution in [0.5, 0.6) is 0 Å². The second-order valence-electron chi connectivity index (χ2n) is 10.9. The Labute approximate surface area is 235 Å². The minimum absolute atomic E-state index is 0.00658. The van der Waals surface area contributed by atoms with Crippen molar-refractivity contribution in [3.63, 3.8) is 0 Å². The number of piperidine rings is 1. The Balaban J connectivity index is 1.10. The van der Waals surface area contributed by atoms with Gasteiger partial charge in [-0.25, -0.2) is 21.6 Å². The second-order valence-corrected chi connectivity index (χ2v) is 12.9. The number of carbonyl (C=O) groups is 3. The van der Waals surface area contributed by atoms with E-state index in [1.165, 1.54) is 4.31 Å². The summed E-state index contributed by atoms with van der Waals surface area (Å²) in [7, 11) is -3.72. The first-order chi connectivity index (χ1) is 19.5. The molecular weight excluding hydrogens is 561 g/mol. The Hall–Kier alpha value is -3.29. The van der Waals surface area contributed by atoms with Crippen LogP contribution in [0.3, 0.4) is 0 Å². The van der Waals surface area contributed by atoms with Gasteiger partial charge in [0.1, 0.15) is 5.82 Å². The molecule has 3 aliphatic rings. The highest BCUT2D eigenvalue weighted by molar-refractivity contribution is 7.89. The lowest BCUT2D eigenvalue weighted by Crippen LogP contribution is -2.51. The van der Waals surface area contributed by atoms with Crippen LogP contribution in [0.15, 0.2) is 36.4 Å². The van der Waals surface area contributed by atoms with Crippen LogP contribution in [0, 0.1) is 23.4 Å². The number of amides is 3. The van der Waals surface area contributed by atoms with Crippen LogP contribution >= 0.6 is 0 Å². The summed E-state index contributed by atoms with van der Waals surface area (Å²) in [4.78, 5) is 38.3. The molecule has 0 radical (unpaired) electrons. The molecule has 9 nitrogen and oxygen atoms in total. The van der Waals surface area contributed by atoms with E-state index in [0.29, 0.717) is 42.9 Å². The molecule has 13 heteroatoms. The van der Waals surface area contributed by atoms with Gasteiger partial charge in [0.25, 0.3) is 11.8 Å². The summed E-state index contributed by atoms with van der Waals surface area (Å²) in [5.74, 6) is -5.12. The predicted octanol–water partition coefficient (Wildman–Crippen LogP) is 2.35. The first-order valence-electron chi connectivity index (χ1n) is 13.6. The summed E-state index contributed by atoms with van der Waals surface area (Å²) in [6.45, 7) is -0.241. The molecule has 5 rings (SSSR count). The zero-order valence-corrected chi connectivity index (χ0v) is 23.0. The number of hydrogen-bond donors (Lipinski definition) is 2. The second kappa shape index (κ2) is 11.5. The highest BCUT2D eigenvalue weighted by Crippen LogP contribution is 2.42. The van der Waals surface area contributed by atoms with Crippen LogP contribution in [0.2, 0.25) is 0 Å². The Morgan fingerprint density at radius 3 is 2.17 bits per heavy atom. The summed E-state index contributed by atoms with van der Waals surface area (Å²) >= 11 is 0. The Bertz CT molecular complexity index is 1440. The SMILES string of the molecule is NC(Cc1cc(F)c(F)cc1F)C1C[C@H]2CC[C@@H](C1)N2S(=O)(=O)CCNC(=O)CCN1C(=O)c2ccccc2C1=O. The molecule has 0 aromatic heterocycles. The first kappa shape index (κ1) is 29.2. The Morgan fingerprint density at radius 2 is 1.56 bits per heavy atom. The lowest BCUT2D eigenvalue weighted by Gasteiger charge is -2.40. The molecule has 4 atom stereocenters. The normalized spacial score (nSPS) is 23.1. The molecule has 220 valence electrons. The van der Waals surface area contributed by atoms with Crippen molar-refractivity contribution in [2.75, 3.05) is 18.8 Å². The van der Waals surface area contributed by atoms with Gasteiger partial charge in [-0.1, -0.05) is 12.1 Å². The van der Waals surface area contributed by atoms with Gasteiger partial charge in [-0.05, 0) is 61.8 Å². The van der Waals surface area contributed by atoms with Crippen molar-refractivity contribution in [2.24, 2.45) is 11.7 Å². The lowest BCUT2D eigenvalue weighted by atomic mass is 9.83. The standard InChI is InChI=1S/C28H31F3N4O5S/c29-22-15-24(31)23(30)13-16(22)14-25(32)17-11-18-5-6-19(12-17)35(18)41(39,40)10-8-33-26(36)7-9-34-27(37)20-3-1-2-4-21(20)28(34)38/h1-4,13,15,17-19,25H,5-12,14,32H2,(H,33,36)/t17?,18-,19+,25?. The number of nitrogens with two attached hydrogens (primary N) is 1. The maximum Gasteiger partial charge on any atom is 0.261 e. The predicted molar refractivity (Wildman–Crippen MR) is 143 cm³/mol. The molecule has 2 bridgehead atoms. The lowest BCUT2D eigenvalue weighted by molar-refractivity contribution is -0.121. The van der Waals surface area contributed by atoms with Crippen molar-refractivity contribution in [2.45, 2.75) is 56.7 Å². The van der Waals surface area contributed by atoms with Crippen molar-refractivity contribution in [3.05, 3.63) is 70.5 Å². The summed E-state index contributed by atoms with van der Waals surface area (Å²) in [5.41, 5.74) is 6.90. The molecule has 2 aromatic rings. The number of nitrogens with one attached hydrogen (secondary N) is 1. The van der Waals surface area contributed by atoms with Crippen LogP contribution < -0.4 is 11.1 Å². The highest BCUT2D eigenvalue weighted by Gasteiger charge is 2.47. The molecule has 0 spiro atoms. The number of imide groups is 1. The highest BCUT2D eigenvalue weighted by atomic mass is 32.2. The van der Waals surface area contributed by atoms with Crippen molar-refractivity contribution >= 4 is 27.7 Å². The molecule has 2 unspecified atom stereocenters. The molecule has 0 saturated carbocycles. The third kappa shape index (κ3) is 5.88. The van der Waals surface area contributed by atoms with Crippen molar-refractivity contribution in [1.29, 1.82) is 0 Å². The molecule has 3 amide bonds. The fraction of sp³-hybridized carbons (Fsp3) is 0.464. The van der Waals surface area contributed by atoms with Crippen molar-refractivity contribution in [3.8, 4) is 0 Å². The first-order valence-corrected chi connectivity index (χ1v) is 15.2. The number of sulfonamides is 1. The average Bonchev–Trinajstić information content (AvgIpc) is 3.35. The number of hydrogen-bond acceptors (Lipinski definition) is 6. The summed E-state index contributed by atoms with van der Waals surface area (Å²) < 4.78 is 68.9. The minimum Gasteiger partial charge on any atom is -0.355 e. The number of fused-ring (bicyclic) bond motifs is 3. The molecule has 2 saturated heterocycles. The van der Waals surface area contributed by atoms with Crippen molar-refractivity contribution < 1.29 is 36.0 Å². The number of halogens is 3. The van der Waals surface area contributed by atoms with Gasteiger partial charge >= 0.3 is 0 Å². The minimum atomic E-state index is -3.72. The van der Waals surface area contributed by atoms with Gasteiger partial charge in [-0.3, -0.25) is 19.3 Å². The largest absolute Gasteiger partial charge is 0.355 e. The van der Waals surface area contributed by atoms with E-state index in [4.69, 9.17) is 5.73 Å². The smallest absolute Gasteiger partial charge is 0.261 e. The third-order valence-corrected chi connectivity index (χ3v) is 10.3. The number of rotatable bonds is 10. The maximum absolute atomic E-state index is 14.1. The molecular formula is C28H31F3N4O5S. The summed E-state index contributed by atoms with van der Waals surface area (Å²) in [5, 5.41) is 2.56. The monoisotopic (exact) mass is 592 g/mol. The van der Waals surface area contributed by atoms with Crippen LogP contribution in [0.1, 0.15) is 58.4 Å². The Morgan fingerprint density at radius 1 is 0.976 bits per heavy atom. The quantitative estimate of drug-likeness (QED) is 0.322.